The number of likely N-dealkylation sites (tertiary alicyclic amines) is 1. The standard InChI is InChI=1S/C17H24NO2/c1-3-20-17(19)16-9-11-18(12-10-16)14(2)13-15-7-5-4-6-8-15/h4-8,14,16H,2-3,9-13H2,1H3. The molecule has 20 heavy (non-hydrogen) atoms. The number of esters is 1. The minimum absolute atomic E-state index is 0.0316. The van der Waals surface area contributed by atoms with Gasteiger partial charge in [-0.1, -0.05) is 30.3 Å². The van der Waals surface area contributed by atoms with E-state index in [0.29, 0.717) is 6.61 Å². The number of carbonyl (C=O) groups is 1. The lowest BCUT2D eigenvalue weighted by Crippen LogP contribution is -2.42. The summed E-state index contributed by atoms with van der Waals surface area (Å²) in [7, 11) is 0. The van der Waals surface area contributed by atoms with Gasteiger partial charge < -0.3 is 9.64 Å². The summed E-state index contributed by atoms with van der Waals surface area (Å²) in [6.45, 7) is 8.48. The molecule has 3 heteroatoms. The summed E-state index contributed by atoms with van der Waals surface area (Å²) in [6.07, 6.45) is 2.74. The Morgan fingerprint density at radius 2 is 2.00 bits per heavy atom. The molecule has 1 aliphatic heterocycles. The van der Waals surface area contributed by atoms with E-state index in [0.717, 1.165) is 32.4 Å². The molecule has 1 fully saturated rings. The van der Waals surface area contributed by atoms with Crippen LogP contribution in [-0.4, -0.2) is 36.6 Å². The fourth-order valence-electron chi connectivity index (χ4n) is 2.78. The Labute approximate surface area is 121 Å². The number of rotatable bonds is 5. The monoisotopic (exact) mass is 274 g/mol. The van der Waals surface area contributed by atoms with E-state index in [1.807, 2.05) is 13.0 Å². The zero-order valence-electron chi connectivity index (χ0n) is 12.3. The smallest absolute Gasteiger partial charge is 0.309 e. The quantitative estimate of drug-likeness (QED) is 0.773. The van der Waals surface area contributed by atoms with Crippen molar-refractivity contribution in [3.05, 3.63) is 42.8 Å². The molecule has 1 aromatic carbocycles. The van der Waals surface area contributed by atoms with Gasteiger partial charge in [-0.15, -0.1) is 0 Å². The highest BCUT2D eigenvalue weighted by Gasteiger charge is 2.27. The molecule has 1 atom stereocenters. The molecule has 2 rings (SSSR count). The molecule has 0 spiro atoms. The minimum atomic E-state index is -0.0316. The van der Waals surface area contributed by atoms with Crippen molar-refractivity contribution in [2.24, 2.45) is 5.92 Å². The zero-order valence-corrected chi connectivity index (χ0v) is 12.3. The van der Waals surface area contributed by atoms with Gasteiger partial charge in [0.15, 0.2) is 0 Å². The molecule has 1 aromatic rings. The van der Waals surface area contributed by atoms with Crippen LogP contribution in [0.2, 0.25) is 0 Å². The van der Waals surface area contributed by atoms with Gasteiger partial charge in [0.2, 0.25) is 0 Å². The van der Waals surface area contributed by atoms with E-state index in [1.165, 1.54) is 5.56 Å². The molecule has 1 heterocycles. The summed E-state index contributed by atoms with van der Waals surface area (Å²) in [5.41, 5.74) is 1.32. The summed E-state index contributed by atoms with van der Waals surface area (Å²) >= 11 is 0. The molecular weight excluding hydrogens is 250 g/mol. The molecule has 1 unspecified atom stereocenters. The van der Waals surface area contributed by atoms with E-state index in [1.54, 1.807) is 0 Å². The highest BCUT2D eigenvalue weighted by molar-refractivity contribution is 5.72. The van der Waals surface area contributed by atoms with Crippen LogP contribution in [0.1, 0.15) is 25.3 Å². The Balaban J connectivity index is 1.80. The maximum Gasteiger partial charge on any atom is 0.309 e. The molecule has 0 aromatic heterocycles. The summed E-state index contributed by atoms with van der Waals surface area (Å²) in [5, 5.41) is 0. The lowest BCUT2D eigenvalue weighted by molar-refractivity contribution is -0.149. The third-order valence-corrected chi connectivity index (χ3v) is 3.98. The lowest BCUT2D eigenvalue weighted by atomic mass is 9.95. The van der Waals surface area contributed by atoms with Gasteiger partial charge in [-0.3, -0.25) is 4.79 Å². The number of carbonyl (C=O) groups excluding carboxylic acids is 1. The predicted molar refractivity (Wildman–Crippen MR) is 80.2 cm³/mol. The van der Waals surface area contributed by atoms with E-state index in [-0.39, 0.29) is 17.9 Å². The first-order chi connectivity index (χ1) is 9.70. The molecule has 0 amide bonds. The van der Waals surface area contributed by atoms with Gasteiger partial charge in [0.25, 0.3) is 0 Å². The van der Waals surface area contributed by atoms with Gasteiger partial charge >= 0.3 is 5.97 Å². The van der Waals surface area contributed by atoms with Crippen LogP contribution in [0.15, 0.2) is 30.3 Å². The van der Waals surface area contributed by atoms with Crippen LogP contribution in [0, 0.1) is 12.8 Å². The number of ether oxygens (including phenoxy) is 1. The van der Waals surface area contributed by atoms with Crippen molar-refractivity contribution in [3.8, 4) is 0 Å². The van der Waals surface area contributed by atoms with E-state index in [9.17, 15) is 4.79 Å². The highest BCUT2D eigenvalue weighted by Crippen LogP contribution is 2.21. The lowest BCUT2D eigenvalue weighted by Gasteiger charge is -2.35. The molecule has 1 aliphatic rings. The summed E-state index contributed by atoms with van der Waals surface area (Å²) in [6, 6.07) is 10.7. The van der Waals surface area contributed by atoms with Crippen LogP contribution in [0.5, 0.6) is 0 Å². The molecule has 3 nitrogen and oxygen atoms in total. The average molecular weight is 274 g/mol. The number of hydrogen-bond acceptors (Lipinski definition) is 3. The van der Waals surface area contributed by atoms with Crippen molar-refractivity contribution in [2.45, 2.75) is 32.2 Å². The number of benzene rings is 1. The van der Waals surface area contributed by atoms with Gasteiger partial charge in [0.05, 0.1) is 12.5 Å². The van der Waals surface area contributed by atoms with Gasteiger partial charge in [-0.05, 0) is 51.8 Å². The van der Waals surface area contributed by atoms with Gasteiger partial charge in [0, 0.05) is 6.04 Å². The van der Waals surface area contributed by atoms with Crippen molar-refractivity contribution in [2.75, 3.05) is 19.7 Å². The SMILES string of the molecule is [CH2]C(Cc1ccccc1)N1CCC(C(=O)OCC)CC1. The topological polar surface area (TPSA) is 29.5 Å². The maximum atomic E-state index is 11.7. The first-order valence-corrected chi connectivity index (χ1v) is 7.48. The number of piperidine rings is 1. The molecule has 0 N–H and O–H groups in total. The van der Waals surface area contributed by atoms with E-state index >= 15 is 0 Å². The molecule has 1 radical (unpaired) electrons. The minimum Gasteiger partial charge on any atom is -0.466 e. The van der Waals surface area contributed by atoms with Crippen LogP contribution in [0.3, 0.4) is 0 Å². The first-order valence-electron chi connectivity index (χ1n) is 7.48. The maximum absolute atomic E-state index is 11.7. The second-order valence-electron chi connectivity index (χ2n) is 5.41. The molecule has 0 bridgehead atoms. The normalized spacial score (nSPS) is 18.7. The van der Waals surface area contributed by atoms with Crippen molar-refractivity contribution in [1.82, 2.24) is 4.90 Å². The number of nitrogens with zero attached hydrogens (tertiary/aromatic N) is 1. The molecule has 0 saturated carbocycles. The van der Waals surface area contributed by atoms with Crippen molar-refractivity contribution in [3.63, 3.8) is 0 Å². The van der Waals surface area contributed by atoms with Crippen LogP contribution in [0.4, 0.5) is 0 Å². The zero-order chi connectivity index (χ0) is 14.4. The first kappa shape index (κ1) is 15.0. The second kappa shape index (κ2) is 7.44. The molecule has 1 saturated heterocycles. The Hall–Kier alpha value is -1.35. The van der Waals surface area contributed by atoms with Crippen LogP contribution >= 0.6 is 0 Å². The summed E-state index contributed by atoms with van der Waals surface area (Å²) in [4.78, 5) is 14.1. The Morgan fingerprint density at radius 3 is 2.60 bits per heavy atom. The predicted octanol–water partition coefficient (Wildman–Crippen LogP) is 2.71. The van der Waals surface area contributed by atoms with Gasteiger partial charge in [-0.25, -0.2) is 0 Å². The van der Waals surface area contributed by atoms with E-state index in [4.69, 9.17) is 4.74 Å². The van der Waals surface area contributed by atoms with Crippen molar-refractivity contribution in [1.29, 1.82) is 0 Å². The third-order valence-electron chi connectivity index (χ3n) is 3.98. The van der Waals surface area contributed by atoms with Gasteiger partial charge in [-0.2, -0.15) is 0 Å². The average Bonchev–Trinajstić information content (AvgIpc) is 2.48. The summed E-state index contributed by atoms with van der Waals surface area (Å²) in [5.74, 6) is 0.0472. The van der Waals surface area contributed by atoms with Crippen molar-refractivity contribution >= 4 is 5.97 Å². The fraction of sp³-hybridized carbons (Fsp3) is 0.529. The Morgan fingerprint density at radius 1 is 1.35 bits per heavy atom. The van der Waals surface area contributed by atoms with Crippen molar-refractivity contribution < 1.29 is 9.53 Å². The largest absolute Gasteiger partial charge is 0.466 e. The van der Waals surface area contributed by atoms with E-state index < -0.39 is 0 Å². The molecule has 109 valence electrons. The summed E-state index contributed by atoms with van der Waals surface area (Å²) < 4.78 is 5.10. The van der Waals surface area contributed by atoms with Gasteiger partial charge in [0.1, 0.15) is 0 Å². The fourth-order valence-corrected chi connectivity index (χ4v) is 2.78. The van der Waals surface area contributed by atoms with Crippen LogP contribution in [-0.2, 0) is 16.0 Å². The van der Waals surface area contributed by atoms with Crippen LogP contribution < -0.4 is 0 Å². The molecular formula is C17H24NO2. The number of hydrogen-bond donors (Lipinski definition) is 0. The Kier molecular flexibility index (Phi) is 5.60. The molecule has 0 aliphatic carbocycles. The second-order valence-corrected chi connectivity index (χ2v) is 5.41. The Bertz CT molecular complexity index is 410. The third kappa shape index (κ3) is 4.07. The highest BCUT2D eigenvalue weighted by atomic mass is 16.5. The van der Waals surface area contributed by atoms with Crippen LogP contribution in [0.25, 0.3) is 0 Å². The van der Waals surface area contributed by atoms with E-state index in [2.05, 4.69) is 36.1 Å².